The lowest BCUT2D eigenvalue weighted by atomic mass is 10.0. The lowest BCUT2D eigenvalue weighted by Crippen LogP contribution is -2.51. The van der Waals surface area contributed by atoms with Gasteiger partial charge in [0.25, 0.3) is 0 Å². The lowest BCUT2D eigenvalue weighted by Gasteiger charge is -2.35. The van der Waals surface area contributed by atoms with Crippen LogP contribution in [0, 0.1) is 5.92 Å². The summed E-state index contributed by atoms with van der Waals surface area (Å²) < 4.78 is 5.51. The van der Waals surface area contributed by atoms with E-state index in [0.717, 1.165) is 45.4 Å². The quantitative estimate of drug-likeness (QED) is 0.172. The molecule has 0 aromatic rings. The summed E-state index contributed by atoms with van der Waals surface area (Å²) in [5.41, 5.74) is 0. The Bertz CT molecular complexity index is 387. The average molecular weight is 512 g/mol. The minimum atomic E-state index is 0. The maximum absolute atomic E-state index is 5.51. The van der Waals surface area contributed by atoms with Crippen LogP contribution in [0.25, 0.3) is 0 Å². The third kappa shape index (κ3) is 14.0. The second-order valence-corrected chi connectivity index (χ2v) is 8.38. The molecule has 0 bridgehead atoms. The van der Waals surface area contributed by atoms with Crippen LogP contribution in [-0.2, 0) is 4.74 Å². The second-order valence-electron chi connectivity index (χ2n) is 8.38. The average Bonchev–Trinajstić information content (AvgIpc) is 2.65. The molecule has 1 heterocycles. The van der Waals surface area contributed by atoms with Crippen molar-refractivity contribution in [1.82, 2.24) is 20.4 Å². The predicted molar refractivity (Wildman–Crippen MR) is 132 cm³/mol. The summed E-state index contributed by atoms with van der Waals surface area (Å²) in [6.07, 6.45) is 7.68. The Morgan fingerprint density at radius 1 is 1.04 bits per heavy atom. The molecule has 0 spiro atoms. The first kappa shape index (κ1) is 27.9. The highest BCUT2D eigenvalue weighted by Crippen LogP contribution is 2.13. The molecule has 0 aliphatic carbocycles. The van der Waals surface area contributed by atoms with Crippen molar-refractivity contribution in [3.05, 3.63) is 0 Å². The van der Waals surface area contributed by atoms with Crippen LogP contribution in [0.1, 0.15) is 52.4 Å². The van der Waals surface area contributed by atoms with Crippen molar-refractivity contribution in [3.63, 3.8) is 0 Å². The summed E-state index contributed by atoms with van der Waals surface area (Å²) in [6, 6.07) is 0.546. The highest BCUT2D eigenvalue weighted by Gasteiger charge is 2.22. The molecule has 0 saturated carbocycles. The number of hydrogen-bond donors (Lipinski definition) is 2. The lowest BCUT2D eigenvalue weighted by molar-refractivity contribution is 0.0132. The Hall–Kier alpha value is -0.120. The smallest absolute Gasteiger partial charge is 0.191 e. The van der Waals surface area contributed by atoms with Gasteiger partial charge < -0.3 is 20.3 Å². The molecule has 2 N–H and O–H groups in total. The van der Waals surface area contributed by atoms with E-state index in [9.17, 15) is 0 Å². The van der Waals surface area contributed by atoms with Gasteiger partial charge in [-0.1, -0.05) is 33.1 Å². The number of unbranched alkanes of at least 4 members (excludes halogenated alkanes) is 4. The van der Waals surface area contributed by atoms with Gasteiger partial charge in [0, 0.05) is 39.3 Å². The normalized spacial score (nSPS) is 16.9. The molecule has 7 heteroatoms. The third-order valence-electron chi connectivity index (χ3n) is 5.11. The monoisotopic (exact) mass is 511 g/mol. The van der Waals surface area contributed by atoms with Crippen molar-refractivity contribution in [1.29, 1.82) is 0 Å². The van der Waals surface area contributed by atoms with Gasteiger partial charge in [-0.25, -0.2) is 0 Å². The zero-order chi connectivity index (χ0) is 19.9. The summed E-state index contributed by atoms with van der Waals surface area (Å²) in [5.74, 6) is 1.63. The fourth-order valence-electron chi connectivity index (χ4n) is 3.57. The van der Waals surface area contributed by atoms with Gasteiger partial charge in [-0.05, 0) is 45.8 Å². The fourth-order valence-corrected chi connectivity index (χ4v) is 3.57. The van der Waals surface area contributed by atoms with Crippen molar-refractivity contribution in [2.45, 2.75) is 58.4 Å². The van der Waals surface area contributed by atoms with E-state index in [-0.39, 0.29) is 24.0 Å². The van der Waals surface area contributed by atoms with Crippen molar-refractivity contribution < 1.29 is 4.74 Å². The Morgan fingerprint density at radius 3 is 2.29 bits per heavy atom. The van der Waals surface area contributed by atoms with Crippen LogP contribution in [0.2, 0.25) is 0 Å². The van der Waals surface area contributed by atoms with Crippen LogP contribution in [0.5, 0.6) is 0 Å². The van der Waals surface area contributed by atoms with E-state index in [2.05, 4.69) is 53.4 Å². The Kier molecular flexibility index (Phi) is 17.6. The van der Waals surface area contributed by atoms with Crippen LogP contribution < -0.4 is 10.6 Å². The van der Waals surface area contributed by atoms with E-state index in [1.165, 1.54) is 45.1 Å². The number of nitrogens with one attached hydrogen (secondary N) is 2. The number of aliphatic imine (C=N–C) groups is 1. The molecule has 6 nitrogen and oxygen atoms in total. The summed E-state index contributed by atoms with van der Waals surface area (Å²) in [4.78, 5) is 9.23. The number of halogens is 1. The van der Waals surface area contributed by atoms with Gasteiger partial charge in [-0.3, -0.25) is 9.89 Å². The maximum atomic E-state index is 5.51. The molecule has 1 aliphatic rings. The maximum Gasteiger partial charge on any atom is 0.191 e. The minimum absolute atomic E-state index is 0. The molecule has 1 aliphatic heterocycles. The van der Waals surface area contributed by atoms with Gasteiger partial charge in [0.2, 0.25) is 0 Å². The number of morpholine rings is 1. The summed E-state index contributed by atoms with van der Waals surface area (Å²) in [6.45, 7) is 11.6. The van der Waals surface area contributed by atoms with Crippen LogP contribution in [-0.4, -0.2) is 88.9 Å². The zero-order valence-electron chi connectivity index (χ0n) is 19.0. The first-order valence-electron chi connectivity index (χ1n) is 10.9. The second kappa shape index (κ2) is 17.7. The molecule has 1 rings (SSSR count). The van der Waals surface area contributed by atoms with Gasteiger partial charge in [0.15, 0.2) is 5.96 Å². The Balaban J connectivity index is 0.00000729. The number of guanidine groups is 1. The largest absolute Gasteiger partial charge is 0.379 e. The highest BCUT2D eigenvalue weighted by atomic mass is 127. The molecule has 1 unspecified atom stereocenters. The molecule has 1 fully saturated rings. The Morgan fingerprint density at radius 2 is 1.68 bits per heavy atom. The van der Waals surface area contributed by atoms with E-state index in [4.69, 9.17) is 4.74 Å². The van der Waals surface area contributed by atoms with Crippen molar-refractivity contribution in [2.75, 3.05) is 67.1 Å². The van der Waals surface area contributed by atoms with Gasteiger partial charge in [0.1, 0.15) is 0 Å². The van der Waals surface area contributed by atoms with E-state index in [1.54, 1.807) is 0 Å². The first-order chi connectivity index (χ1) is 13.0. The molecule has 28 heavy (non-hydrogen) atoms. The van der Waals surface area contributed by atoms with E-state index in [0.29, 0.717) is 12.0 Å². The standard InChI is InChI=1S/C21H45N5O.HI/c1-19(2)17-20(26-13-15-27-16-14-26)18-24-21(22-3)23-11-9-7-6-8-10-12-25(4)5;/h19-20H,6-18H2,1-5H3,(H2,22,23,24);1H. The van der Waals surface area contributed by atoms with Crippen LogP contribution in [0.15, 0.2) is 4.99 Å². The number of rotatable bonds is 13. The van der Waals surface area contributed by atoms with Crippen LogP contribution >= 0.6 is 24.0 Å². The molecular formula is C21H46IN5O. The minimum Gasteiger partial charge on any atom is -0.379 e. The fraction of sp³-hybridized carbons (Fsp3) is 0.952. The van der Waals surface area contributed by atoms with Gasteiger partial charge in [-0.15, -0.1) is 24.0 Å². The van der Waals surface area contributed by atoms with E-state index >= 15 is 0 Å². The molecular weight excluding hydrogens is 465 g/mol. The first-order valence-corrected chi connectivity index (χ1v) is 10.9. The molecule has 0 amide bonds. The molecule has 0 aromatic heterocycles. The van der Waals surface area contributed by atoms with Crippen LogP contribution in [0.4, 0.5) is 0 Å². The summed E-state index contributed by atoms with van der Waals surface area (Å²) in [5, 5.41) is 7.02. The predicted octanol–water partition coefficient (Wildman–Crippen LogP) is 3.03. The van der Waals surface area contributed by atoms with Gasteiger partial charge in [0.05, 0.1) is 13.2 Å². The summed E-state index contributed by atoms with van der Waals surface area (Å²) in [7, 11) is 6.16. The highest BCUT2D eigenvalue weighted by molar-refractivity contribution is 14.0. The summed E-state index contributed by atoms with van der Waals surface area (Å²) >= 11 is 0. The molecule has 168 valence electrons. The van der Waals surface area contributed by atoms with E-state index in [1.807, 2.05) is 7.05 Å². The molecule has 0 radical (unpaired) electrons. The number of nitrogens with zero attached hydrogens (tertiary/aromatic N) is 3. The van der Waals surface area contributed by atoms with Crippen LogP contribution in [0.3, 0.4) is 0 Å². The van der Waals surface area contributed by atoms with Crippen molar-refractivity contribution in [2.24, 2.45) is 10.9 Å². The Labute approximate surface area is 191 Å². The zero-order valence-corrected chi connectivity index (χ0v) is 21.3. The SMILES string of the molecule is CN=C(NCCCCCCCN(C)C)NCC(CC(C)C)N1CCOCC1.I. The molecule has 1 saturated heterocycles. The van der Waals surface area contributed by atoms with E-state index < -0.39 is 0 Å². The molecule has 1 atom stereocenters. The number of hydrogen-bond acceptors (Lipinski definition) is 4. The molecule has 0 aromatic carbocycles. The topological polar surface area (TPSA) is 52.1 Å². The third-order valence-corrected chi connectivity index (χ3v) is 5.11. The van der Waals surface area contributed by atoms with Gasteiger partial charge in [-0.2, -0.15) is 0 Å². The van der Waals surface area contributed by atoms with Crippen molar-refractivity contribution in [3.8, 4) is 0 Å². The van der Waals surface area contributed by atoms with Gasteiger partial charge >= 0.3 is 0 Å². The van der Waals surface area contributed by atoms with Crippen molar-refractivity contribution >= 4 is 29.9 Å². The number of ether oxygens (including phenoxy) is 1.